The van der Waals surface area contributed by atoms with Gasteiger partial charge in [-0.05, 0) is 30.3 Å². The van der Waals surface area contributed by atoms with E-state index < -0.39 is 0 Å². The van der Waals surface area contributed by atoms with E-state index in [1.54, 1.807) is 25.2 Å². The maximum Gasteiger partial charge on any atom is 0.277 e. The molecule has 8 heteroatoms. The first-order valence-corrected chi connectivity index (χ1v) is 8.71. The Bertz CT molecular complexity index is 899. The molecule has 0 aliphatic heterocycles. The lowest BCUT2D eigenvalue weighted by Gasteiger charge is -2.16. The Hall–Kier alpha value is -2.74. The molecular weight excluding hydrogens is 360 g/mol. The van der Waals surface area contributed by atoms with Crippen molar-refractivity contribution in [3.05, 3.63) is 65.7 Å². The van der Waals surface area contributed by atoms with E-state index in [1.165, 1.54) is 35.2 Å². The van der Waals surface area contributed by atoms with Gasteiger partial charge in [0.15, 0.2) is 0 Å². The average Bonchev–Trinajstić information content (AvgIpc) is 3.11. The molecule has 0 radical (unpaired) electrons. The van der Waals surface area contributed by atoms with Crippen LogP contribution < -0.4 is 0 Å². The number of aromatic nitrogens is 2. The normalized spacial score (nSPS) is 10.7. The van der Waals surface area contributed by atoms with Crippen LogP contribution in [0.3, 0.4) is 0 Å². The maximum absolute atomic E-state index is 13.7. The third kappa shape index (κ3) is 4.45. The second-order valence-corrected chi connectivity index (χ2v) is 6.44. The van der Waals surface area contributed by atoms with E-state index in [0.29, 0.717) is 11.1 Å². The van der Waals surface area contributed by atoms with Gasteiger partial charge >= 0.3 is 0 Å². The fourth-order valence-electron chi connectivity index (χ4n) is 2.18. The molecule has 2 aromatic carbocycles. The van der Waals surface area contributed by atoms with Crippen LogP contribution in [0.4, 0.5) is 8.78 Å². The molecule has 134 valence electrons. The monoisotopic (exact) mass is 375 g/mol. The number of rotatable bonds is 6. The van der Waals surface area contributed by atoms with E-state index in [9.17, 15) is 13.6 Å². The lowest BCUT2D eigenvalue weighted by molar-refractivity contribution is -0.127. The Balaban J connectivity index is 1.56. The summed E-state index contributed by atoms with van der Waals surface area (Å²) in [5, 5.41) is 7.98. The van der Waals surface area contributed by atoms with Crippen molar-refractivity contribution in [1.29, 1.82) is 0 Å². The molecule has 0 unspecified atom stereocenters. The van der Waals surface area contributed by atoms with Crippen LogP contribution in [-0.2, 0) is 11.3 Å². The molecule has 1 amide bonds. The molecular formula is C18H15F2N3O2S. The molecule has 3 aromatic rings. The minimum absolute atomic E-state index is 0.0794. The molecule has 1 heterocycles. The van der Waals surface area contributed by atoms with Crippen LogP contribution in [0.2, 0.25) is 0 Å². The number of hydrogen-bond donors (Lipinski definition) is 0. The lowest BCUT2D eigenvalue weighted by atomic mass is 10.2. The van der Waals surface area contributed by atoms with Crippen LogP contribution in [0.5, 0.6) is 0 Å². The van der Waals surface area contributed by atoms with Gasteiger partial charge in [-0.2, -0.15) is 0 Å². The smallest absolute Gasteiger partial charge is 0.277 e. The summed E-state index contributed by atoms with van der Waals surface area (Å²) in [5.74, 6) is -0.567. The van der Waals surface area contributed by atoms with Crippen LogP contribution in [0.25, 0.3) is 11.5 Å². The van der Waals surface area contributed by atoms with Gasteiger partial charge in [0.2, 0.25) is 11.8 Å². The van der Waals surface area contributed by atoms with Crippen LogP contribution in [0, 0.1) is 11.6 Å². The molecule has 5 nitrogen and oxygen atoms in total. The van der Waals surface area contributed by atoms with Crippen molar-refractivity contribution < 1.29 is 18.0 Å². The molecule has 26 heavy (non-hydrogen) atoms. The van der Waals surface area contributed by atoms with Gasteiger partial charge in [0.1, 0.15) is 11.6 Å². The van der Waals surface area contributed by atoms with Crippen molar-refractivity contribution in [2.24, 2.45) is 0 Å². The van der Waals surface area contributed by atoms with Crippen molar-refractivity contribution in [2.45, 2.75) is 11.8 Å². The van der Waals surface area contributed by atoms with Crippen molar-refractivity contribution >= 4 is 17.7 Å². The van der Waals surface area contributed by atoms with Crippen LogP contribution in [0.1, 0.15) is 5.56 Å². The second-order valence-electron chi connectivity index (χ2n) is 5.51. The second kappa shape index (κ2) is 8.09. The summed E-state index contributed by atoms with van der Waals surface area (Å²) in [7, 11) is 1.60. The summed E-state index contributed by atoms with van der Waals surface area (Å²) in [5.41, 5.74) is 1.04. The predicted octanol–water partition coefficient (Wildman–Crippen LogP) is 3.77. The Morgan fingerprint density at radius 1 is 1.12 bits per heavy atom. The van der Waals surface area contributed by atoms with E-state index in [-0.39, 0.29) is 41.0 Å². The quantitative estimate of drug-likeness (QED) is 0.614. The van der Waals surface area contributed by atoms with Crippen LogP contribution in [0.15, 0.2) is 58.2 Å². The van der Waals surface area contributed by atoms with E-state index in [0.717, 1.165) is 11.8 Å². The van der Waals surface area contributed by atoms with Gasteiger partial charge in [0, 0.05) is 24.7 Å². The summed E-state index contributed by atoms with van der Waals surface area (Å²) in [6, 6.07) is 12.0. The zero-order valence-electron chi connectivity index (χ0n) is 13.9. The van der Waals surface area contributed by atoms with Crippen molar-refractivity contribution in [3.8, 4) is 11.5 Å². The fourth-order valence-corrected chi connectivity index (χ4v) is 2.88. The molecule has 1 aromatic heterocycles. The van der Waals surface area contributed by atoms with Crippen molar-refractivity contribution in [3.63, 3.8) is 0 Å². The minimum atomic E-state index is -0.355. The van der Waals surface area contributed by atoms with Gasteiger partial charge in [-0.3, -0.25) is 4.79 Å². The predicted molar refractivity (Wildman–Crippen MR) is 93.3 cm³/mol. The van der Waals surface area contributed by atoms with Crippen LogP contribution in [-0.4, -0.2) is 33.8 Å². The van der Waals surface area contributed by atoms with Gasteiger partial charge in [-0.25, -0.2) is 8.78 Å². The minimum Gasteiger partial charge on any atom is -0.411 e. The largest absolute Gasteiger partial charge is 0.411 e. The van der Waals surface area contributed by atoms with E-state index in [1.807, 2.05) is 0 Å². The molecule has 0 N–H and O–H groups in total. The van der Waals surface area contributed by atoms with Crippen LogP contribution >= 0.6 is 11.8 Å². The van der Waals surface area contributed by atoms with E-state index >= 15 is 0 Å². The Kier molecular flexibility index (Phi) is 5.62. The standard InChI is InChI=1S/C18H15F2N3O2S/c1-23(10-13-4-2-3-5-15(13)20)16(24)11-26-18-22-21-17(25-18)12-6-8-14(19)9-7-12/h2-9H,10-11H2,1H3. The number of nitrogens with zero attached hydrogens (tertiary/aromatic N) is 3. The highest BCUT2D eigenvalue weighted by Crippen LogP contribution is 2.23. The molecule has 0 aliphatic carbocycles. The molecule has 0 saturated carbocycles. The average molecular weight is 375 g/mol. The third-order valence-corrected chi connectivity index (χ3v) is 4.41. The first kappa shape index (κ1) is 18.1. The molecule has 0 bridgehead atoms. The number of amides is 1. The Morgan fingerprint density at radius 2 is 1.85 bits per heavy atom. The van der Waals surface area contributed by atoms with Gasteiger partial charge in [0.25, 0.3) is 5.22 Å². The van der Waals surface area contributed by atoms with Crippen molar-refractivity contribution in [1.82, 2.24) is 15.1 Å². The first-order chi connectivity index (χ1) is 12.5. The number of carbonyl (C=O) groups is 1. The number of carbonyl (C=O) groups excluding carboxylic acids is 1. The highest BCUT2D eigenvalue weighted by molar-refractivity contribution is 7.99. The highest BCUT2D eigenvalue weighted by atomic mass is 32.2. The van der Waals surface area contributed by atoms with Gasteiger partial charge in [-0.1, -0.05) is 30.0 Å². The zero-order valence-corrected chi connectivity index (χ0v) is 14.7. The van der Waals surface area contributed by atoms with Gasteiger partial charge in [-0.15, -0.1) is 10.2 Å². The molecule has 0 spiro atoms. The summed E-state index contributed by atoms with van der Waals surface area (Å²) in [6.07, 6.45) is 0. The summed E-state index contributed by atoms with van der Waals surface area (Å²) >= 11 is 1.09. The lowest BCUT2D eigenvalue weighted by Crippen LogP contribution is -2.28. The summed E-state index contributed by atoms with van der Waals surface area (Å²) < 4.78 is 32.1. The van der Waals surface area contributed by atoms with Gasteiger partial charge < -0.3 is 9.32 Å². The molecule has 0 aliphatic rings. The number of halogens is 2. The third-order valence-electron chi connectivity index (χ3n) is 3.61. The van der Waals surface area contributed by atoms with E-state index in [4.69, 9.17) is 4.42 Å². The van der Waals surface area contributed by atoms with Crippen molar-refractivity contribution in [2.75, 3.05) is 12.8 Å². The summed E-state index contributed by atoms with van der Waals surface area (Å²) in [4.78, 5) is 13.6. The number of thioether (sulfide) groups is 1. The first-order valence-electron chi connectivity index (χ1n) is 7.72. The molecule has 0 saturated heterocycles. The topological polar surface area (TPSA) is 59.2 Å². The number of benzene rings is 2. The molecule has 3 rings (SSSR count). The number of hydrogen-bond acceptors (Lipinski definition) is 5. The zero-order chi connectivity index (χ0) is 18.5. The van der Waals surface area contributed by atoms with Gasteiger partial charge in [0.05, 0.1) is 5.75 Å². The SMILES string of the molecule is CN(Cc1ccccc1F)C(=O)CSc1nnc(-c2ccc(F)cc2)o1. The van der Waals surface area contributed by atoms with E-state index in [2.05, 4.69) is 10.2 Å². The molecule has 0 atom stereocenters. The fraction of sp³-hybridized carbons (Fsp3) is 0.167. The summed E-state index contributed by atoms with van der Waals surface area (Å²) in [6.45, 7) is 0.177. The maximum atomic E-state index is 13.7. The Labute approximate surface area is 153 Å². The Morgan fingerprint density at radius 3 is 2.58 bits per heavy atom. The molecule has 0 fully saturated rings. The highest BCUT2D eigenvalue weighted by Gasteiger charge is 2.15.